The summed E-state index contributed by atoms with van der Waals surface area (Å²) in [5, 5.41) is 0.774. The van der Waals surface area contributed by atoms with Crippen molar-refractivity contribution in [3.63, 3.8) is 0 Å². The molecule has 106 valence electrons. The van der Waals surface area contributed by atoms with Crippen molar-refractivity contribution in [3.8, 4) is 5.75 Å². The summed E-state index contributed by atoms with van der Waals surface area (Å²) in [6, 6.07) is 14.0. The quantitative estimate of drug-likeness (QED) is 0.864. The molecule has 0 bridgehead atoms. The summed E-state index contributed by atoms with van der Waals surface area (Å²) in [5.41, 5.74) is 8.22. The Bertz CT molecular complexity index is 588. The number of nitrogens with two attached hydrogens (primary N) is 1. The van der Waals surface area contributed by atoms with E-state index in [1.165, 1.54) is 5.56 Å². The highest BCUT2D eigenvalue weighted by molar-refractivity contribution is 9.10. The van der Waals surface area contributed by atoms with Crippen LogP contribution in [0.4, 0.5) is 0 Å². The van der Waals surface area contributed by atoms with E-state index in [-0.39, 0.29) is 5.92 Å². The standard InChI is InChI=1S/C16H17BrClNO/c1-20-16-7-6-11(9-14(16)17)8-12(10-19)13-4-2-3-5-15(13)18/h2-7,9,12H,8,10,19H2,1H3. The van der Waals surface area contributed by atoms with E-state index < -0.39 is 0 Å². The lowest BCUT2D eigenvalue weighted by atomic mass is 9.92. The number of halogens is 2. The molecule has 2 aromatic rings. The molecule has 0 amide bonds. The highest BCUT2D eigenvalue weighted by Gasteiger charge is 2.14. The fraction of sp³-hybridized carbons (Fsp3) is 0.250. The van der Waals surface area contributed by atoms with Gasteiger partial charge in [-0.3, -0.25) is 0 Å². The number of ether oxygens (including phenoxy) is 1. The van der Waals surface area contributed by atoms with E-state index in [2.05, 4.69) is 28.1 Å². The number of hydrogen-bond acceptors (Lipinski definition) is 2. The van der Waals surface area contributed by atoms with Crippen LogP contribution in [0.1, 0.15) is 17.0 Å². The molecule has 2 aromatic carbocycles. The molecule has 0 heterocycles. The van der Waals surface area contributed by atoms with Crippen LogP contribution in [-0.4, -0.2) is 13.7 Å². The van der Waals surface area contributed by atoms with E-state index in [0.29, 0.717) is 6.54 Å². The van der Waals surface area contributed by atoms with Gasteiger partial charge in [0.1, 0.15) is 5.75 Å². The SMILES string of the molecule is COc1ccc(CC(CN)c2ccccc2Cl)cc1Br. The van der Waals surface area contributed by atoms with E-state index in [0.717, 1.165) is 27.2 Å². The highest BCUT2D eigenvalue weighted by Crippen LogP contribution is 2.30. The first-order valence-electron chi connectivity index (χ1n) is 6.42. The molecule has 20 heavy (non-hydrogen) atoms. The van der Waals surface area contributed by atoms with Crippen molar-refractivity contribution >= 4 is 27.5 Å². The second kappa shape index (κ2) is 7.11. The molecule has 1 unspecified atom stereocenters. The van der Waals surface area contributed by atoms with Crippen molar-refractivity contribution in [3.05, 3.63) is 63.1 Å². The normalized spacial score (nSPS) is 12.2. The molecule has 0 radical (unpaired) electrons. The molecule has 0 aliphatic heterocycles. The predicted octanol–water partition coefficient (Wildman–Crippen LogP) is 4.40. The first-order valence-corrected chi connectivity index (χ1v) is 7.59. The van der Waals surface area contributed by atoms with Gasteiger partial charge in [0, 0.05) is 10.9 Å². The Kier molecular flexibility index (Phi) is 5.46. The second-order valence-electron chi connectivity index (χ2n) is 4.63. The van der Waals surface area contributed by atoms with Crippen molar-refractivity contribution in [1.82, 2.24) is 0 Å². The molecule has 1 atom stereocenters. The fourth-order valence-corrected chi connectivity index (χ4v) is 3.13. The Balaban J connectivity index is 2.23. The van der Waals surface area contributed by atoms with Gasteiger partial charge < -0.3 is 10.5 Å². The van der Waals surface area contributed by atoms with E-state index in [9.17, 15) is 0 Å². The molecular formula is C16H17BrClNO. The van der Waals surface area contributed by atoms with Crippen LogP contribution in [-0.2, 0) is 6.42 Å². The summed E-state index contributed by atoms with van der Waals surface area (Å²) >= 11 is 9.77. The molecule has 0 aromatic heterocycles. The molecule has 2 rings (SSSR count). The molecule has 2 N–H and O–H groups in total. The van der Waals surface area contributed by atoms with Gasteiger partial charge >= 0.3 is 0 Å². The van der Waals surface area contributed by atoms with Crippen molar-refractivity contribution in [2.45, 2.75) is 12.3 Å². The summed E-state index contributed by atoms with van der Waals surface area (Å²) in [4.78, 5) is 0. The van der Waals surface area contributed by atoms with Gasteiger partial charge in [0.25, 0.3) is 0 Å². The number of methoxy groups -OCH3 is 1. The molecule has 0 saturated carbocycles. The van der Waals surface area contributed by atoms with Gasteiger partial charge in [-0.15, -0.1) is 0 Å². The van der Waals surface area contributed by atoms with Gasteiger partial charge in [0.15, 0.2) is 0 Å². The maximum Gasteiger partial charge on any atom is 0.133 e. The molecule has 4 heteroatoms. The van der Waals surface area contributed by atoms with Gasteiger partial charge in [-0.1, -0.05) is 35.9 Å². The monoisotopic (exact) mass is 353 g/mol. The Morgan fingerprint density at radius 1 is 1.25 bits per heavy atom. The van der Waals surface area contributed by atoms with Crippen LogP contribution in [0.25, 0.3) is 0 Å². The molecule has 2 nitrogen and oxygen atoms in total. The summed E-state index contributed by atoms with van der Waals surface area (Å²) < 4.78 is 6.19. The number of hydrogen-bond donors (Lipinski definition) is 1. The van der Waals surface area contributed by atoms with Gasteiger partial charge in [0.2, 0.25) is 0 Å². The van der Waals surface area contributed by atoms with Crippen LogP contribution in [0.2, 0.25) is 5.02 Å². The van der Waals surface area contributed by atoms with Crippen LogP contribution >= 0.6 is 27.5 Å². The smallest absolute Gasteiger partial charge is 0.133 e. The molecule has 0 aliphatic carbocycles. The maximum atomic E-state index is 6.26. The molecule has 0 aliphatic rings. The zero-order valence-corrected chi connectivity index (χ0v) is 13.6. The third-order valence-corrected chi connectivity index (χ3v) is 4.29. The number of benzene rings is 2. The average molecular weight is 355 g/mol. The average Bonchev–Trinajstić information content (AvgIpc) is 2.46. The van der Waals surface area contributed by atoms with Crippen LogP contribution in [0.3, 0.4) is 0 Å². The predicted molar refractivity (Wildman–Crippen MR) is 87.6 cm³/mol. The first kappa shape index (κ1) is 15.4. The highest BCUT2D eigenvalue weighted by atomic mass is 79.9. The lowest BCUT2D eigenvalue weighted by molar-refractivity contribution is 0.412. The summed E-state index contributed by atoms with van der Waals surface area (Å²) in [6.45, 7) is 0.563. The van der Waals surface area contributed by atoms with Crippen LogP contribution in [0.5, 0.6) is 5.75 Å². The molecule has 0 spiro atoms. The van der Waals surface area contributed by atoms with Gasteiger partial charge in [0.05, 0.1) is 11.6 Å². The molecule has 0 fully saturated rings. The van der Waals surface area contributed by atoms with Crippen LogP contribution in [0, 0.1) is 0 Å². The summed E-state index contributed by atoms with van der Waals surface area (Å²) in [7, 11) is 1.66. The zero-order chi connectivity index (χ0) is 14.5. The summed E-state index contributed by atoms with van der Waals surface area (Å²) in [6.07, 6.45) is 0.850. The topological polar surface area (TPSA) is 35.2 Å². The summed E-state index contributed by atoms with van der Waals surface area (Å²) in [5.74, 6) is 1.04. The van der Waals surface area contributed by atoms with Gasteiger partial charge in [-0.25, -0.2) is 0 Å². The van der Waals surface area contributed by atoms with Crippen molar-refractivity contribution in [1.29, 1.82) is 0 Å². The van der Waals surface area contributed by atoms with E-state index >= 15 is 0 Å². The van der Waals surface area contributed by atoms with Crippen molar-refractivity contribution < 1.29 is 4.74 Å². The molecular weight excluding hydrogens is 338 g/mol. The van der Waals surface area contributed by atoms with Crippen molar-refractivity contribution in [2.75, 3.05) is 13.7 Å². The van der Waals surface area contributed by atoms with Gasteiger partial charge in [-0.2, -0.15) is 0 Å². The van der Waals surface area contributed by atoms with Crippen LogP contribution < -0.4 is 10.5 Å². The second-order valence-corrected chi connectivity index (χ2v) is 5.89. The third-order valence-electron chi connectivity index (χ3n) is 3.33. The fourth-order valence-electron chi connectivity index (χ4n) is 2.25. The van der Waals surface area contributed by atoms with Gasteiger partial charge in [-0.05, 0) is 58.2 Å². The minimum atomic E-state index is 0.212. The van der Waals surface area contributed by atoms with E-state index in [4.69, 9.17) is 22.1 Å². The Hall–Kier alpha value is -1.03. The zero-order valence-electron chi connectivity index (χ0n) is 11.3. The Labute approximate surface area is 133 Å². The lowest BCUT2D eigenvalue weighted by Gasteiger charge is -2.17. The van der Waals surface area contributed by atoms with Crippen LogP contribution in [0.15, 0.2) is 46.9 Å². The first-order chi connectivity index (χ1) is 9.65. The largest absolute Gasteiger partial charge is 0.496 e. The third kappa shape index (κ3) is 3.54. The van der Waals surface area contributed by atoms with E-state index in [1.807, 2.05) is 30.3 Å². The Morgan fingerprint density at radius 3 is 2.60 bits per heavy atom. The Morgan fingerprint density at radius 2 is 2.00 bits per heavy atom. The van der Waals surface area contributed by atoms with E-state index in [1.54, 1.807) is 7.11 Å². The minimum Gasteiger partial charge on any atom is -0.496 e. The molecule has 0 saturated heterocycles. The van der Waals surface area contributed by atoms with Crippen molar-refractivity contribution in [2.24, 2.45) is 5.73 Å². The lowest BCUT2D eigenvalue weighted by Crippen LogP contribution is -2.15. The number of rotatable bonds is 5. The minimum absolute atomic E-state index is 0.212. The maximum absolute atomic E-state index is 6.26.